The second-order valence-electron chi connectivity index (χ2n) is 4.66. The molecule has 2 rings (SSSR count). The summed E-state index contributed by atoms with van der Waals surface area (Å²) in [7, 11) is 0. The van der Waals surface area contributed by atoms with Crippen LogP contribution in [0.5, 0.6) is 0 Å². The van der Waals surface area contributed by atoms with Crippen molar-refractivity contribution in [3.05, 3.63) is 69.4 Å². The average Bonchev–Trinajstić information content (AvgIpc) is 2.33. The van der Waals surface area contributed by atoms with Gasteiger partial charge in [0.25, 0.3) is 0 Å². The van der Waals surface area contributed by atoms with Crippen molar-refractivity contribution in [2.75, 3.05) is 0 Å². The highest BCUT2D eigenvalue weighted by molar-refractivity contribution is 9.10. The Labute approximate surface area is 123 Å². The number of benzene rings is 2. The molecule has 0 amide bonds. The highest BCUT2D eigenvalue weighted by Crippen LogP contribution is 2.22. The molecule has 0 saturated heterocycles. The second kappa shape index (κ2) is 6.41. The van der Waals surface area contributed by atoms with Crippen LogP contribution in [0.15, 0.2) is 40.9 Å². The number of nitrogens with two attached hydrogens (primary N) is 1. The fourth-order valence-corrected chi connectivity index (χ4v) is 2.52. The predicted molar refractivity (Wildman–Crippen MR) is 75.8 cm³/mol. The van der Waals surface area contributed by atoms with Crippen LogP contribution in [-0.2, 0) is 12.8 Å². The lowest BCUT2D eigenvalue weighted by Gasteiger charge is -2.13. The van der Waals surface area contributed by atoms with Gasteiger partial charge in [-0.2, -0.15) is 0 Å². The van der Waals surface area contributed by atoms with E-state index in [4.69, 9.17) is 5.73 Å². The monoisotopic (exact) mass is 343 g/mol. The Morgan fingerprint density at radius 2 is 1.65 bits per heavy atom. The Bertz CT molecular complexity index is 596. The van der Waals surface area contributed by atoms with Crippen molar-refractivity contribution in [1.29, 1.82) is 0 Å². The topological polar surface area (TPSA) is 26.0 Å². The van der Waals surface area contributed by atoms with Crippen molar-refractivity contribution in [2.45, 2.75) is 18.9 Å². The van der Waals surface area contributed by atoms with Crippen molar-refractivity contribution < 1.29 is 13.2 Å². The van der Waals surface area contributed by atoms with E-state index in [1.165, 1.54) is 18.2 Å². The normalized spacial score (nSPS) is 12.4. The van der Waals surface area contributed by atoms with Crippen LogP contribution < -0.4 is 5.73 Å². The largest absolute Gasteiger partial charge is 0.327 e. The van der Waals surface area contributed by atoms with Gasteiger partial charge in [0.15, 0.2) is 0 Å². The third kappa shape index (κ3) is 3.84. The molecule has 0 fully saturated rings. The van der Waals surface area contributed by atoms with Crippen molar-refractivity contribution in [3.63, 3.8) is 0 Å². The molecule has 1 nitrogen and oxygen atoms in total. The molecule has 0 bridgehead atoms. The maximum Gasteiger partial charge on any atom is 0.137 e. The van der Waals surface area contributed by atoms with E-state index in [1.807, 2.05) is 0 Å². The third-order valence-electron chi connectivity index (χ3n) is 2.93. The van der Waals surface area contributed by atoms with E-state index in [2.05, 4.69) is 15.9 Å². The maximum absolute atomic E-state index is 13.4. The highest BCUT2D eigenvalue weighted by atomic mass is 79.9. The van der Waals surface area contributed by atoms with Gasteiger partial charge in [-0.25, -0.2) is 13.2 Å². The van der Waals surface area contributed by atoms with Gasteiger partial charge in [0.2, 0.25) is 0 Å². The molecule has 0 aromatic heterocycles. The zero-order valence-electron chi connectivity index (χ0n) is 10.5. The van der Waals surface area contributed by atoms with E-state index >= 15 is 0 Å². The molecule has 2 aromatic rings. The van der Waals surface area contributed by atoms with Crippen molar-refractivity contribution in [1.82, 2.24) is 0 Å². The van der Waals surface area contributed by atoms with Gasteiger partial charge in [-0.1, -0.05) is 12.1 Å². The summed E-state index contributed by atoms with van der Waals surface area (Å²) in [5, 5.41) is 0. The van der Waals surface area contributed by atoms with Gasteiger partial charge >= 0.3 is 0 Å². The summed E-state index contributed by atoms with van der Waals surface area (Å²) in [6.07, 6.45) is 0.730. The molecule has 0 radical (unpaired) electrons. The van der Waals surface area contributed by atoms with Crippen molar-refractivity contribution >= 4 is 15.9 Å². The van der Waals surface area contributed by atoms with Crippen molar-refractivity contribution in [2.24, 2.45) is 5.73 Å². The Balaban J connectivity index is 2.09. The molecule has 0 aliphatic rings. The SMILES string of the molecule is NC(Cc1cc(F)cc(F)c1)Cc1cccc(F)c1Br. The Morgan fingerprint density at radius 3 is 2.30 bits per heavy atom. The van der Waals surface area contributed by atoms with E-state index < -0.39 is 11.6 Å². The molecule has 106 valence electrons. The molecular weight excluding hydrogens is 331 g/mol. The van der Waals surface area contributed by atoms with Gasteiger partial charge in [-0.05, 0) is 58.1 Å². The summed E-state index contributed by atoms with van der Waals surface area (Å²) in [5.74, 6) is -1.61. The fourth-order valence-electron chi connectivity index (χ4n) is 2.09. The molecule has 1 atom stereocenters. The third-order valence-corrected chi connectivity index (χ3v) is 3.82. The summed E-state index contributed by atoms with van der Waals surface area (Å²) in [6.45, 7) is 0. The molecule has 2 aromatic carbocycles. The molecule has 20 heavy (non-hydrogen) atoms. The lowest BCUT2D eigenvalue weighted by Crippen LogP contribution is -2.26. The number of halogens is 4. The summed E-state index contributed by atoms with van der Waals surface area (Å²) >= 11 is 3.17. The van der Waals surface area contributed by atoms with E-state index in [9.17, 15) is 13.2 Å². The lowest BCUT2D eigenvalue weighted by molar-refractivity contribution is 0.574. The molecular formula is C15H13BrF3N. The van der Waals surface area contributed by atoms with E-state index in [-0.39, 0.29) is 11.9 Å². The van der Waals surface area contributed by atoms with Crippen LogP contribution in [0.2, 0.25) is 0 Å². The quantitative estimate of drug-likeness (QED) is 0.892. The number of hydrogen-bond acceptors (Lipinski definition) is 1. The first-order valence-electron chi connectivity index (χ1n) is 6.09. The first-order chi connectivity index (χ1) is 9.45. The Hall–Kier alpha value is -1.33. The summed E-state index contributed by atoms with van der Waals surface area (Å²) < 4.78 is 39.9. The van der Waals surface area contributed by atoms with Gasteiger partial charge in [0.05, 0.1) is 4.47 Å². The first kappa shape index (κ1) is 15.1. The minimum atomic E-state index is -0.626. The molecule has 0 heterocycles. The fraction of sp³-hybridized carbons (Fsp3) is 0.200. The van der Waals surface area contributed by atoms with Crippen LogP contribution in [0.3, 0.4) is 0 Å². The number of hydrogen-bond donors (Lipinski definition) is 1. The van der Waals surface area contributed by atoms with Crippen LogP contribution in [0, 0.1) is 17.5 Å². The molecule has 2 N–H and O–H groups in total. The van der Waals surface area contributed by atoms with E-state index in [0.29, 0.717) is 22.9 Å². The van der Waals surface area contributed by atoms with Crippen LogP contribution in [0.4, 0.5) is 13.2 Å². The average molecular weight is 344 g/mol. The maximum atomic E-state index is 13.4. The van der Waals surface area contributed by atoms with Gasteiger partial charge in [-0.15, -0.1) is 0 Å². The van der Waals surface area contributed by atoms with Crippen LogP contribution in [-0.4, -0.2) is 6.04 Å². The molecule has 0 aliphatic heterocycles. The second-order valence-corrected chi connectivity index (χ2v) is 5.45. The molecule has 0 spiro atoms. The standard InChI is InChI=1S/C15H13BrF3N/c16-15-10(2-1-3-14(15)19)7-13(20)6-9-4-11(17)8-12(18)5-9/h1-5,8,13H,6-7,20H2. The van der Waals surface area contributed by atoms with Gasteiger partial charge in [-0.3, -0.25) is 0 Å². The Kier molecular flexibility index (Phi) is 4.83. The predicted octanol–water partition coefficient (Wildman–Crippen LogP) is 3.98. The van der Waals surface area contributed by atoms with Crippen LogP contribution in [0.1, 0.15) is 11.1 Å². The van der Waals surface area contributed by atoms with E-state index in [1.54, 1.807) is 12.1 Å². The summed E-state index contributed by atoms with van der Waals surface area (Å²) in [5.41, 5.74) is 7.19. The van der Waals surface area contributed by atoms with Crippen molar-refractivity contribution in [3.8, 4) is 0 Å². The van der Waals surface area contributed by atoms with Gasteiger partial charge < -0.3 is 5.73 Å². The smallest absolute Gasteiger partial charge is 0.137 e. The molecule has 1 unspecified atom stereocenters. The minimum absolute atomic E-state index is 0.317. The summed E-state index contributed by atoms with van der Waals surface area (Å²) in [6, 6.07) is 7.68. The van der Waals surface area contributed by atoms with Crippen LogP contribution >= 0.6 is 15.9 Å². The minimum Gasteiger partial charge on any atom is -0.327 e. The highest BCUT2D eigenvalue weighted by Gasteiger charge is 2.11. The summed E-state index contributed by atoms with van der Waals surface area (Å²) in [4.78, 5) is 0. The number of rotatable bonds is 4. The van der Waals surface area contributed by atoms with Crippen LogP contribution in [0.25, 0.3) is 0 Å². The zero-order valence-corrected chi connectivity index (χ0v) is 12.1. The van der Waals surface area contributed by atoms with Gasteiger partial charge in [0, 0.05) is 12.1 Å². The Morgan fingerprint density at radius 1 is 1.00 bits per heavy atom. The molecule has 0 saturated carbocycles. The molecule has 0 aliphatic carbocycles. The van der Waals surface area contributed by atoms with E-state index in [0.717, 1.165) is 11.6 Å². The first-order valence-corrected chi connectivity index (χ1v) is 6.88. The lowest BCUT2D eigenvalue weighted by atomic mass is 9.99. The zero-order chi connectivity index (χ0) is 14.7. The molecule has 5 heteroatoms. The van der Waals surface area contributed by atoms with Gasteiger partial charge in [0.1, 0.15) is 17.5 Å².